The molecule has 0 aliphatic carbocycles. The zero-order valence-electron chi connectivity index (χ0n) is 15.6. The van der Waals surface area contributed by atoms with E-state index < -0.39 is 0 Å². The Morgan fingerprint density at radius 3 is 2.67 bits per heavy atom. The van der Waals surface area contributed by atoms with Crippen LogP contribution < -0.4 is 0 Å². The molecule has 1 aromatic heterocycles. The van der Waals surface area contributed by atoms with Gasteiger partial charge >= 0.3 is 0 Å². The Morgan fingerprint density at radius 2 is 2.07 bits per heavy atom. The van der Waals surface area contributed by atoms with Crippen LogP contribution in [0.5, 0.6) is 0 Å². The zero-order chi connectivity index (χ0) is 19.4. The summed E-state index contributed by atoms with van der Waals surface area (Å²) in [7, 11) is 0. The molecule has 2 heterocycles. The van der Waals surface area contributed by atoms with Gasteiger partial charge < -0.3 is 14.2 Å². The lowest BCUT2D eigenvalue weighted by Gasteiger charge is -2.29. The molecule has 0 N–H and O–H groups in total. The van der Waals surface area contributed by atoms with Gasteiger partial charge in [0.15, 0.2) is 0 Å². The van der Waals surface area contributed by atoms with E-state index in [1.54, 1.807) is 34.3 Å². The fourth-order valence-corrected chi connectivity index (χ4v) is 3.31. The van der Waals surface area contributed by atoms with Crippen LogP contribution in [0.3, 0.4) is 0 Å². The van der Waals surface area contributed by atoms with Crippen molar-refractivity contribution < 1.29 is 14.0 Å². The van der Waals surface area contributed by atoms with Crippen LogP contribution in [0.4, 0.5) is 0 Å². The highest BCUT2D eigenvalue weighted by atomic mass is 16.3. The number of hydrogen-bond donors (Lipinski definition) is 0. The van der Waals surface area contributed by atoms with Gasteiger partial charge in [-0.3, -0.25) is 9.59 Å². The normalized spacial score (nSPS) is 16.6. The minimum atomic E-state index is -0.340. The minimum absolute atomic E-state index is 0.00958. The maximum atomic E-state index is 13.1. The zero-order valence-corrected chi connectivity index (χ0v) is 15.6. The first kappa shape index (κ1) is 18.7. The number of nitrogens with zero attached hydrogens (tertiary/aromatic N) is 3. The van der Waals surface area contributed by atoms with E-state index in [1.165, 1.54) is 0 Å². The maximum absolute atomic E-state index is 13.1. The van der Waals surface area contributed by atoms with E-state index in [0.29, 0.717) is 25.2 Å². The second-order valence-corrected chi connectivity index (χ2v) is 7.12. The summed E-state index contributed by atoms with van der Waals surface area (Å²) < 4.78 is 5.31. The Labute approximate surface area is 159 Å². The molecular weight excluding hydrogens is 342 g/mol. The second-order valence-electron chi connectivity index (χ2n) is 7.12. The Kier molecular flexibility index (Phi) is 5.60. The van der Waals surface area contributed by atoms with Crippen molar-refractivity contribution in [2.45, 2.75) is 39.4 Å². The van der Waals surface area contributed by atoms with Crippen molar-refractivity contribution in [2.75, 3.05) is 6.54 Å². The molecule has 140 valence electrons. The first-order valence-electron chi connectivity index (χ1n) is 9.07. The minimum Gasteiger partial charge on any atom is -0.467 e. The molecule has 2 aromatic rings. The standard InChI is InChI=1S/C21H23N3O3/c1-15(2)24(12-17-7-5-16(11-22)6-8-17)21(26)18-10-20(25)23(13-18)14-19-4-3-9-27-19/h3-9,15,18H,10,12-14H2,1-2H3. The van der Waals surface area contributed by atoms with E-state index in [4.69, 9.17) is 9.68 Å². The molecule has 6 nitrogen and oxygen atoms in total. The van der Waals surface area contributed by atoms with E-state index in [1.807, 2.05) is 32.0 Å². The molecular formula is C21H23N3O3. The van der Waals surface area contributed by atoms with Gasteiger partial charge in [0.2, 0.25) is 11.8 Å². The summed E-state index contributed by atoms with van der Waals surface area (Å²) >= 11 is 0. The van der Waals surface area contributed by atoms with Crippen LogP contribution in [0.25, 0.3) is 0 Å². The Balaban J connectivity index is 1.67. The summed E-state index contributed by atoms with van der Waals surface area (Å²) in [5.74, 6) is 0.347. The number of carbonyl (C=O) groups excluding carboxylic acids is 2. The lowest BCUT2D eigenvalue weighted by molar-refractivity contribution is -0.138. The number of rotatable bonds is 6. The molecule has 1 aliphatic heterocycles. The third kappa shape index (κ3) is 4.37. The van der Waals surface area contributed by atoms with Crippen LogP contribution in [0.15, 0.2) is 47.1 Å². The van der Waals surface area contributed by atoms with E-state index >= 15 is 0 Å². The van der Waals surface area contributed by atoms with Crippen molar-refractivity contribution in [1.82, 2.24) is 9.80 Å². The highest BCUT2D eigenvalue weighted by Gasteiger charge is 2.37. The molecule has 1 unspecified atom stereocenters. The summed E-state index contributed by atoms with van der Waals surface area (Å²) in [6.45, 7) is 5.21. The summed E-state index contributed by atoms with van der Waals surface area (Å²) in [5.41, 5.74) is 1.56. The van der Waals surface area contributed by atoms with Gasteiger partial charge in [-0.1, -0.05) is 12.1 Å². The van der Waals surface area contributed by atoms with Crippen LogP contribution in [0, 0.1) is 17.2 Å². The number of likely N-dealkylation sites (tertiary alicyclic amines) is 1. The summed E-state index contributed by atoms with van der Waals surface area (Å²) in [4.78, 5) is 28.9. The number of nitriles is 1. The van der Waals surface area contributed by atoms with Crippen molar-refractivity contribution >= 4 is 11.8 Å². The van der Waals surface area contributed by atoms with Crippen LogP contribution in [-0.2, 0) is 22.7 Å². The van der Waals surface area contributed by atoms with E-state index in [2.05, 4.69) is 6.07 Å². The number of hydrogen-bond acceptors (Lipinski definition) is 4. The topological polar surface area (TPSA) is 77.5 Å². The van der Waals surface area contributed by atoms with Crippen LogP contribution in [-0.4, -0.2) is 34.2 Å². The predicted octanol–water partition coefficient (Wildman–Crippen LogP) is 2.94. The molecule has 1 aliphatic rings. The molecule has 0 radical (unpaired) electrons. The van der Waals surface area contributed by atoms with Gasteiger partial charge in [-0.2, -0.15) is 5.26 Å². The highest BCUT2D eigenvalue weighted by molar-refractivity contribution is 5.89. The largest absolute Gasteiger partial charge is 0.467 e. The molecule has 27 heavy (non-hydrogen) atoms. The van der Waals surface area contributed by atoms with E-state index in [9.17, 15) is 9.59 Å². The van der Waals surface area contributed by atoms with Crippen molar-refractivity contribution in [2.24, 2.45) is 5.92 Å². The molecule has 1 aromatic carbocycles. The van der Waals surface area contributed by atoms with Crippen molar-refractivity contribution in [3.05, 3.63) is 59.5 Å². The maximum Gasteiger partial charge on any atom is 0.228 e. The Hall–Kier alpha value is -3.07. The number of furan rings is 1. The van der Waals surface area contributed by atoms with Crippen molar-refractivity contribution in [3.8, 4) is 6.07 Å². The fraction of sp³-hybridized carbons (Fsp3) is 0.381. The molecule has 0 bridgehead atoms. The van der Waals surface area contributed by atoms with Crippen LogP contribution >= 0.6 is 0 Å². The summed E-state index contributed by atoms with van der Waals surface area (Å²) in [6, 6.07) is 13.0. The van der Waals surface area contributed by atoms with Gasteiger partial charge in [0, 0.05) is 25.6 Å². The molecule has 6 heteroatoms. The van der Waals surface area contributed by atoms with Gasteiger partial charge in [0.25, 0.3) is 0 Å². The molecule has 2 amide bonds. The van der Waals surface area contributed by atoms with E-state index in [0.717, 1.165) is 11.3 Å². The average molecular weight is 365 g/mol. The number of benzene rings is 1. The molecule has 0 saturated carbocycles. The third-order valence-corrected chi connectivity index (χ3v) is 4.83. The molecule has 1 saturated heterocycles. The Morgan fingerprint density at radius 1 is 1.33 bits per heavy atom. The summed E-state index contributed by atoms with van der Waals surface area (Å²) in [6.07, 6.45) is 1.81. The van der Waals surface area contributed by atoms with Gasteiger partial charge in [-0.25, -0.2) is 0 Å². The monoisotopic (exact) mass is 365 g/mol. The van der Waals surface area contributed by atoms with Gasteiger partial charge in [0.05, 0.1) is 30.4 Å². The Bertz CT molecular complexity index is 835. The number of amides is 2. The quantitative estimate of drug-likeness (QED) is 0.788. The van der Waals surface area contributed by atoms with Crippen molar-refractivity contribution in [1.29, 1.82) is 5.26 Å². The number of carbonyl (C=O) groups is 2. The predicted molar refractivity (Wildman–Crippen MR) is 99.1 cm³/mol. The second kappa shape index (κ2) is 8.09. The van der Waals surface area contributed by atoms with Crippen LogP contribution in [0.1, 0.15) is 37.2 Å². The van der Waals surface area contributed by atoms with Crippen molar-refractivity contribution in [3.63, 3.8) is 0 Å². The summed E-state index contributed by atoms with van der Waals surface area (Å²) in [5, 5.41) is 8.91. The fourth-order valence-electron chi connectivity index (χ4n) is 3.31. The molecule has 1 atom stereocenters. The first-order valence-corrected chi connectivity index (χ1v) is 9.07. The van der Waals surface area contributed by atoms with Gasteiger partial charge in [0.1, 0.15) is 5.76 Å². The van der Waals surface area contributed by atoms with E-state index in [-0.39, 0.29) is 30.2 Å². The lowest BCUT2D eigenvalue weighted by Crippen LogP contribution is -2.41. The van der Waals surface area contributed by atoms with Gasteiger partial charge in [-0.15, -0.1) is 0 Å². The molecule has 1 fully saturated rings. The first-order chi connectivity index (χ1) is 13.0. The smallest absolute Gasteiger partial charge is 0.228 e. The lowest BCUT2D eigenvalue weighted by atomic mass is 10.0. The average Bonchev–Trinajstić information content (AvgIpc) is 3.30. The van der Waals surface area contributed by atoms with Gasteiger partial charge in [-0.05, 0) is 43.7 Å². The van der Waals surface area contributed by atoms with Crippen LogP contribution in [0.2, 0.25) is 0 Å². The molecule has 0 spiro atoms. The third-order valence-electron chi connectivity index (χ3n) is 4.83. The molecule has 3 rings (SSSR count). The highest BCUT2D eigenvalue weighted by Crippen LogP contribution is 2.24. The SMILES string of the molecule is CC(C)N(Cc1ccc(C#N)cc1)C(=O)C1CC(=O)N(Cc2ccco2)C1.